The van der Waals surface area contributed by atoms with Crippen LogP contribution in [0.25, 0.3) is 0 Å². The predicted molar refractivity (Wildman–Crippen MR) is 51.6 cm³/mol. The number of hydrogen-bond donors (Lipinski definition) is 0. The highest BCUT2D eigenvalue weighted by molar-refractivity contribution is 5.81. The van der Waals surface area contributed by atoms with Gasteiger partial charge in [0.15, 0.2) is 6.10 Å². The van der Waals surface area contributed by atoms with Crippen molar-refractivity contribution in [1.29, 1.82) is 0 Å². The number of ether oxygens (including phenoxy) is 2. The van der Waals surface area contributed by atoms with Gasteiger partial charge in [-0.3, -0.25) is 4.79 Å². The number of carbonyl (C=O) groups is 2. The molecule has 0 aliphatic heterocycles. The van der Waals surface area contributed by atoms with E-state index in [4.69, 9.17) is 9.47 Å². The van der Waals surface area contributed by atoms with Crippen LogP contribution in [0, 0.1) is 5.41 Å². The van der Waals surface area contributed by atoms with Crippen LogP contribution < -0.4 is 0 Å². The molecule has 4 nitrogen and oxygen atoms in total. The summed E-state index contributed by atoms with van der Waals surface area (Å²) in [5, 5.41) is 0. The molecule has 0 fully saturated rings. The Morgan fingerprint density at radius 3 is 2.14 bits per heavy atom. The van der Waals surface area contributed by atoms with Gasteiger partial charge in [-0.2, -0.15) is 0 Å². The highest BCUT2D eigenvalue weighted by atomic mass is 16.6. The summed E-state index contributed by atoms with van der Waals surface area (Å²) in [7, 11) is 0. The van der Waals surface area contributed by atoms with E-state index in [0.29, 0.717) is 0 Å². The molecule has 0 aliphatic rings. The molecule has 0 aliphatic carbocycles. The Morgan fingerprint density at radius 1 is 1.29 bits per heavy atom. The van der Waals surface area contributed by atoms with Crippen molar-refractivity contribution >= 4 is 11.9 Å². The third kappa shape index (κ3) is 4.25. The smallest absolute Gasteiger partial charge is 0.347 e. The predicted octanol–water partition coefficient (Wildman–Crippen LogP) is 1.53. The Morgan fingerprint density at radius 2 is 1.79 bits per heavy atom. The van der Waals surface area contributed by atoms with Gasteiger partial charge in [-0.05, 0) is 34.6 Å². The third-order valence-corrected chi connectivity index (χ3v) is 1.51. The molecule has 0 aromatic heterocycles. The van der Waals surface area contributed by atoms with Gasteiger partial charge in [0.05, 0.1) is 12.0 Å². The number of carbonyl (C=O) groups excluding carboxylic acids is 2. The minimum Gasteiger partial charge on any atom is -0.463 e. The zero-order valence-electron chi connectivity index (χ0n) is 9.42. The first-order valence-corrected chi connectivity index (χ1v) is 4.66. The molecule has 4 heteroatoms. The lowest BCUT2D eigenvalue weighted by Gasteiger charge is -2.19. The van der Waals surface area contributed by atoms with Gasteiger partial charge in [-0.15, -0.1) is 0 Å². The Kier molecular flexibility index (Phi) is 4.60. The van der Waals surface area contributed by atoms with Crippen LogP contribution in [-0.4, -0.2) is 24.6 Å². The fourth-order valence-corrected chi connectivity index (χ4v) is 0.645. The second-order valence-corrected chi connectivity index (χ2v) is 4.05. The molecule has 0 heterocycles. The van der Waals surface area contributed by atoms with Gasteiger partial charge >= 0.3 is 11.9 Å². The Bertz CT molecular complexity index is 215. The maximum atomic E-state index is 11.4. The quantitative estimate of drug-likeness (QED) is 0.651. The van der Waals surface area contributed by atoms with E-state index in [9.17, 15) is 9.59 Å². The van der Waals surface area contributed by atoms with Gasteiger partial charge in [0, 0.05) is 0 Å². The van der Waals surface area contributed by atoms with Crippen LogP contribution in [0.2, 0.25) is 0 Å². The summed E-state index contributed by atoms with van der Waals surface area (Å²) in [6.07, 6.45) is -0.832. The normalized spacial score (nSPS) is 13.2. The van der Waals surface area contributed by atoms with Crippen molar-refractivity contribution in [1.82, 2.24) is 0 Å². The molecule has 0 radical (unpaired) electrons. The summed E-state index contributed by atoms with van der Waals surface area (Å²) in [5.74, 6) is -0.914. The van der Waals surface area contributed by atoms with Crippen molar-refractivity contribution in [3.8, 4) is 0 Å². The number of esters is 2. The standard InChI is InChI=1S/C10H18O4/c1-6-13-8(11)7(2)14-9(12)10(3,4)5/h7H,6H2,1-5H3. The molecular formula is C10H18O4. The molecule has 0 aromatic carbocycles. The first kappa shape index (κ1) is 12.9. The molecule has 1 atom stereocenters. The monoisotopic (exact) mass is 202 g/mol. The average Bonchev–Trinajstić information content (AvgIpc) is 2.02. The van der Waals surface area contributed by atoms with Crippen molar-refractivity contribution in [2.75, 3.05) is 6.61 Å². The van der Waals surface area contributed by atoms with Crippen molar-refractivity contribution in [2.24, 2.45) is 5.41 Å². The fraction of sp³-hybridized carbons (Fsp3) is 0.800. The van der Waals surface area contributed by atoms with Gasteiger partial charge in [-0.25, -0.2) is 4.79 Å². The van der Waals surface area contributed by atoms with Crippen LogP contribution >= 0.6 is 0 Å². The van der Waals surface area contributed by atoms with Gasteiger partial charge in [-0.1, -0.05) is 0 Å². The first-order chi connectivity index (χ1) is 6.29. The minimum atomic E-state index is -0.832. The van der Waals surface area contributed by atoms with Crippen LogP contribution in [0.15, 0.2) is 0 Å². The van der Waals surface area contributed by atoms with Gasteiger partial charge in [0.25, 0.3) is 0 Å². The first-order valence-electron chi connectivity index (χ1n) is 4.66. The zero-order valence-corrected chi connectivity index (χ0v) is 9.42. The molecule has 14 heavy (non-hydrogen) atoms. The Labute approximate surface area is 84.6 Å². The molecule has 0 amide bonds. The van der Waals surface area contributed by atoms with E-state index in [1.54, 1.807) is 27.7 Å². The van der Waals surface area contributed by atoms with Crippen molar-refractivity contribution in [2.45, 2.75) is 40.7 Å². The number of hydrogen-bond acceptors (Lipinski definition) is 4. The van der Waals surface area contributed by atoms with E-state index < -0.39 is 23.5 Å². The van der Waals surface area contributed by atoms with Crippen LogP contribution in [-0.2, 0) is 19.1 Å². The van der Waals surface area contributed by atoms with E-state index in [-0.39, 0.29) is 6.61 Å². The van der Waals surface area contributed by atoms with E-state index in [1.165, 1.54) is 6.92 Å². The second-order valence-electron chi connectivity index (χ2n) is 4.05. The van der Waals surface area contributed by atoms with E-state index in [2.05, 4.69) is 0 Å². The van der Waals surface area contributed by atoms with Crippen LogP contribution in [0.1, 0.15) is 34.6 Å². The lowest BCUT2D eigenvalue weighted by atomic mass is 9.97. The molecule has 0 bridgehead atoms. The van der Waals surface area contributed by atoms with E-state index in [1.807, 2.05) is 0 Å². The highest BCUT2D eigenvalue weighted by Crippen LogP contribution is 2.16. The molecule has 0 rings (SSSR count). The van der Waals surface area contributed by atoms with Crippen LogP contribution in [0.4, 0.5) is 0 Å². The second kappa shape index (κ2) is 4.98. The summed E-state index contributed by atoms with van der Waals surface area (Å²) >= 11 is 0. The van der Waals surface area contributed by atoms with Gasteiger partial charge in [0.1, 0.15) is 0 Å². The molecule has 0 aromatic rings. The molecule has 1 unspecified atom stereocenters. The summed E-state index contributed by atoms with van der Waals surface area (Å²) in [6, 6.07) is 0. The number of rotatable bonds is 3. The lowest BCUT2D eigenvalue weighted by Crippen LogP contribution is -2.32. The zero-order chi connectivity index (χ0) is 11.4. The van der Waals surface area contributed by atoms with E-state index in [0.717, 1.165) is 0 Å². The molecule has 0 spiro atoms. The molecule has 0 N–H and O–H groups in total. The van der Waals surface area contributed by atoms with Crippen LogP contribution in [0.5, 0.6) is 0 Å². The van der Waals surface area contributed by atoms with Gasteiger partial charge in [0.2, 0.25) is 0 Å². The molecule has 82 valence electrons. The lowest BCUT2D eigenvalue weighted by molar-refractivity contribution is -0.171. The highest BCUT2D eigenvalue weighted by Gasteiger charge is 2.27. The van der Waals surface area contributed by atoms with Crippen molar-refractivity contribution < 1.29 is 19.1 Å². The van der Waals surface area contributed by atoms with Crippen LogP contribution in [0.3, 0.4) is 0 Å². The van der Waals surface area contributed by atoms with E-state index >= 15 is 0 Å². The van der Waals surface area contributed by atoms with Crippen molar-refractivity contribution in [3.05, 3.63) is 0 Å². The SMILES string of the molecule is CCOC(=O)C(C)OC(=O)C(C)(C)C. The molecule has 0 saturated carbocycles. The average molecular weight is 202 g/mol. The van der Waals surface area contributed by atoms with Gasteiger partial charge < -0.3 is 9.47 Å². The maximum Gasteiger partial charge on any atom is 0.347 e. The topological polar surface area (TPSA) is 52.6 Å². The maximum absolute atomic E-state index is 11.4. The Balaban J connectivity index is 4.13. The largest absolute Gasteiger partial charge is 0.463 e. The van der Waals surface area contributed by atoms with Crippen molar-refractivity contribution in [3.63, 3.8) is 0 Å². The summed E-state index contributed by atoms with van der Waals surface area (Å²) in [6.45, 7) is 8.68. The fourth-order valence-electron chi connectivity index (χ4n) is 0.645. The Hall–Kier alpha value is -1.06. The summed E-state index contributed by atoms with van der Waals surface area (Å²) in [4.78, 5) is 22.5. The summed E-state index contributed by atoms with van der Waals surface area (Å²) in [5.41, 5.74) is -0.596. The minimum absolute atomic E-state index is 0.288. The third-order valence-electron chi connectivity index (χ3n) is 1.51. The summed E-state index contributed by atoms with van der Waals surface area (Å²) < 4.78 is 9.62. The molecule has 0 saturated heterocycles. The molecular weight excluding hydrogens is 184 g/mol.